The number of aromatic nitrogens is 1. The maximum absolute atomic E-state index is 14.2. The van der Waals surface area contributed by atoms with Gasteiger partial charge in [0.25, 0.3) is 10.0 Å². The van der Waals surface area contributed by atoms with Crippen molar-refractivity contribution in [2.45, 2.75) is 50.2 Å². The second-order valence-electron chi connectivity index (χ2n) is 8.28. The largest absolute Gasteiger partial charge is 0.487 e. The number of fused-ring (bicyclic) bond motifs is 1. The van der Waals surface area contributed by atoms with Gasteiger partial charge >= 0.3 is 0 Å². The molecule has 2 aromatic carbocycles. The van der Waals surface area contributed by atoms with E-state index < -0.39 is 28.6 Å². The molecular weight excluding hydrogens is 482 g/mol. The Hall–Kier alpha value is -2.85. The zero-order valence-corrected chi connectivity index (χ0v) is 20.4. The lowest BCUT2D eigenvalue weighted by atomic mass is 10.1. The van der Waals surface area contributed by atoms with Crippen molar-refractivity contribution in [2.75, 3.05) is 10.8 Å². The molecule has 3 aromatic rings. The first-order valence-corrected chi connectivity index (χ1v) is 13.1. The highest BCUT2D eigenvalue weighted by Crippen LogP contribution is 2.39. The minimum atomic E-state index is -4.15. The first-order valence-electron chi connectivity index (χ1n) is 10.8. The second kappa shape index (κ2) is 9.79. The van der Waals surface area contributed by atoms with E-state index in [4.69, 9.17) is 4.74 Å². The van der Waals surface area contributed by atoms with Crippen molar-refractivity contribution in [3.05, 3.63) is 69.5 Å². The Morgan fingerprint density at radius 3 is 2.59 bits per heavy atom. The molecule has 0 saturated carbocycles. The quantitative estimate of drug-likeness (QED) is 0.381. The highest BCUT2D eigenvalue weighted by molar-refractivity contribution is 7.94. The number of hydrogen-bond acceptors (Lipinski definition) is 6. The molecule has 1 heterocycles. The summed E-state index contributed by atoms with van der Waals surface area (Å²) in [4.78, 5) is 15.0. The fourth-order valence-corrected chi connectivity index (χ4v) is 6.59. The van der Waals surface area contributed by atoms with Gasteiger partial charge in [0.05, 0.1) is 17.8 Å². The van der Waals surface area contributed by atoms with Crippen LogP contribution >= 0.6 is 11.3 Å². The molecule has 0 unspecified atom stereocenters. The minimum Gasteiger partial charge on any atom is -0.487 e. The summed E-state index contributed by atoms with van der Waals surface area (Å²) in [7, 11) is -4.15. The number of aryl methyl sites for hydroxylation is 3. The van der Waals surface area contributed by atoms with E-state index in [0.29, 0.717) is 17.5 Å². The maximum Gasteiger partial charge on any atom is 0.291 e. The van der Waals surface area contributed by atoms with Gasteiger partial charge in [-0.2, -0.15) is 8.42 Å². The molecule has 0 bridgehead atoms. The normalized spacial score (nSPS) is 14.0. The number of carbonyl (C=O) groups excluding carboxylic acids is 1. The topological polar surface area (TPSA) is 76.6 Å². The Morgan fingerprint density at radius 1 is 1.24 bits per heavy atom. The third-order valence-corrected chi connectivity index (χ3v) is 8.69. The van der Waals surface area contributed by atoms with Gasteiger partial charge in [-0.05, 0) is 74.1 Å². The SMILES string of the molecule is Cc1csc(S(=O)(=O)N(C[C@@H](C)F)c2cc3c(cc2OCc2ccc(C=O)c(F)c2)CCC3)n1. The summed E-state index contributed by atoms with van der Waals surface area (Å²) in [6.45, 7) is 2.52. The van der Waals surface area contributed by atoms with E-state index in [1.54, 1.807) is 30.5 Å². The van der Waals surface area contributed by atoms with Crippen LogP contribution in [0.25, 0.3) is 0 Å². The summed E-state index contributed by atoms with van der Waals surface area (Å²) < 4.78 is 62.1. The zero-order valence-electron chi connectivity index (χ0n) is 18.8. The van der Waals surface area contributed by atoms with Gasteiger partial charge in [0, 0.05) is 11.1 Å². The van der Waals surface area contributed by atoms with E-state index in [1.807, 2.05) is 0 Å². The average molecular weight is 507 g/mol. The molecule has 4 rings (SSSR count). The molecule has 10 heteroatoms. The predicted octanol–water partition coefficient (Wildman–Crippen LogP) is 5.02. The molecule has 1 aliphatic carbocycles. The van der Waals surface area contributed by atoms with E-state index in [9.17, 15) is 22.0 Å². The smallest absolute Gasteiger partial charge is 0.291 e. The van der Waals surface area contributed by atoms with Crippen LogP contribution in [0.5, 0.6) is 5.75 Å². The van der Waals surface area contributed by atoms with Crippen LogP contribution in [0.4, 0.5) is 14.5 Å². The zero-order chi connectivity index (χ0) is 24.5. The lowest BCUT2D eigenvalue weighted by Crippen LogP contribution is -2.36. The Labute approximate surface area is 201 Å². The minimum absolute atomic E-state index is 0.0583. The standard InChI is InChI=1S/C24H24F2N2O4S2/c1-15(25)11-28(34(30,31)24-27-16(2)14-33-24)22-9-18-4-3-5-19(18)10-23(22)32-13-17-6-7-20(12-29)21(26)8-17/h6-10,12,14-15H,3-5,11,13H2,1-2H3/t15-/m1/s1. The van der Waals surface area contributed by atoms with Crippen LogP contribution in [0, 0.1) is 12.7 Å². The first-order chi connectivity index (χ1) is 16.2. The van der Waals surface area contributed by atoms with Crippen LogP contribution in [0.15, 0.2) is 40.1 Å². The number of nitrogens with zero attached hydrogens (tertiary/aromatic N) is 2. The molecule has 0 spiro atoms. The van der Waals surface area contributed by atoms with Gasteiger partial charge in [0.15, 0.2) is 6.29 Å². The second-order valence-corrected chi connectivity index (χ2v) is 11.2. The van der Waals surface area contributed by atoms with E-state index in [2.05, 4.69) is 4.98 Å². The molecule has 34 heavy (non-hydrogen) atoms. The molecule has 0 saturated heterocycles. The van der Waals surface area contributed by atoms with Crippen molar-refractivity contribution in [1.82, 2.24) is 4.98 Å². The Balaban J connectivity index is 1.75. The van der Waals surface area contributed by atoms with Crippen molar-refractivity contribution >= 4 is 33.3 Å². The molecular formula is C24H24F2N2O4S2. The number of aldehydes is 1. The molecule has 0 amide bonds. The number of anilines is 1. The van der Waals surface area contributed by atoms with Crippen molar-refractivity contribution in [3.8, 4) is 5.75 Å². The molecule has 1 aliphatic rings. The molecule has 6 nitrogen and oxygen atoms in total. The summed E-state index contributed by atoms with van der Waals surface area (Å²) in [6, 6.07) is 7.65. The van der Waals surface area contributed by atoms with Crippen molar-refractivity contribution < 1.29 is 26.7 Å². The lowest BCUT2D eigenvalue weighted by molar-refractivity contribution is 0.111. The third-order valence-electron chi connectivity index (χ3n) is 5.55. The van der Waals surface area contributed by atoms with Crippen molar-refractivity contribution in [2.24, 2.45) is 0 Å². The van der Waals surface area contributed by atoms with E-state index in [-0.39, 0.29) is 27.9 Å². The number of sulfonamides is 1. The van der Waals surface area contributed by atoms with Crippen LogP contribution in [0.1, 0.15) is 46.1 Å². The molecule has 0 N–H and O–H groups in total. The summed E-state index contributed by atoms with van der Waals surface area (Å²) in [5.41, 5.74) is 3.22. The van der Waals surface area contributed by atoms with Crippen molar-refractivity contribution in [3.63, 3.8) is 0 Å². The summed E-state index contributed by atoms with van der Waals surface area (Å²) in [6.07, 6.45) is 1.53. The third kappa shape index (κ3) is 4.97. The van der Waals surface area contributed by atoms with Crippen LogP contribution < -0.4 is 9.04 Å². The van der Waals surface area contributed by atoms with E-state index in [0.717, 1.165) is 46.0 Å². The molecule has 1 atom stereocenters. The van der Waals surface area contributed by atoms with Gasteiger partial charge in [-0.1, -0.05) is 6.07 Å². The number of carbonyl (C=O) groups is 1. The van der Waals surface area contributed by atoms with Gasteiger partial charge in [0.2, 0.25) is 4.34 Å². The van der Waals surface area contributed by atoms with Gasteiger partial charge in [-0.3, -0.25) is 9.10 Å². The maximum atomic E-state index is 14.2. The number of ether oxygens (including phenoxy) is 1. The van der Waals surface area contributed by atoms with Gasteiger partial charge in [-0.25, -0.2) is 13.8 Å². The average Bonchev–Trinajstić information content (AvgIpc) is 3.44. The van der Waals surface area contributed by atoms with Crippen molar-refractivity contribution in [1.29, 1.82) is 0 Å². The van der Waals surface area contributed by atoms with Crippen LogP contribution in [-0.2, 0) is 29.5 Å². The summed E-state index contributed by atoms with van der Waals surface area (Å²) in [5, 5.41) is 1.63. The predicted molar refractivity (Wildman–Crippen MR) is 127 cm³/mol. The van der Waals surface area contributed by atoms with E-state index in [1.165, 1.54) is 19.1 Å². The number of thiazole rings is 1. The highest BCUT2D eigenvalue weighted by Gasteiger charge is 2.32. The van der Waals surface area contributed by atoms with Gasteiger partial charge in [0.1, 0.15) is 24.3 Å². The lowest BCUT2D eigenvalue weighted by Gasteiger charge is -2.27. The van der Waals surface area contributed by atoms with E-state index >= 15 is 0 Å². The number of hydrogen-bond donors (Lipinski definition) is 0. The van der Waals surface area contributed by atoms with Crippen LogP contribution in [0.3, 0.4) is 0 Å². The van der Waals surface area contributed by atoms with Crippen LogP contribution in [0.2, 0.25) is 0 Å². The van der Waals surface area contributed by atoms with Gasteiger partial charge < -0.3 is 4.74 Å². The fraction of sp³-hybridized carbons (Fsp3) is 0.333. The Bertz CT molecular complexity index is 1320. The number of benzene rings is 2. The van der Waals surface area contributed by atoms with Crippen LogP contribution in [-0.4, -0.2) is 32.4 Å². The Morgan fingerprint density at radius 2 is 1.97 bits per heavy atom. The monoisotopic (exact) mass is 506 g/mol. The number of alkyl halides is 1. The summed E-state index contributed by atoms with van der Waals surface area (Å²) >= 11 is 0.979. The molecule has 0 fully saturated rings. The molecule has 0 radical (unpaired) electrons. The molecule has 0 aliphatic heterocycles. The number of halogens is 2. The van der Waals surface area contributed by atoms with Gasteiger partial charge in [-0.15, -0.1) is 11.3 Å². The Kier molecular flexibility index (Phi) is 6.99. The first kappa shape index (κ1) is 24.3. The molecule has 180 valence electrons. The number of rotatable bonds is 9. The fourth-order valence-electron chi connectivity index (χ4n) is 3.92. The summed E-state index contributed by atoms with van der Waals surface area (Å²) in [5.74, 6) is -0.405. The molecule has 1 aromatic heterocycles. The highest BCUT2D eigenvalue weighted by atomic mass is 32.2.